The van der Waals surface area contributed by atoms with E-state index >= 15 is 0 Å². The second-order valence-corrected chi connectivity index (χ2v) is 12.7. The Hall–Kier alpha value is -6.37. The molecule has 13 heteroatoms. The Morgan fingerprint density at radius 3 is 2.17 bits per heavy atom. The number of hydrogen-bond acceptors (Lipinski definition) is 8. The average Bonchev–Trinajstić information content (AvgIpc) is 3.14. The molecule has 54 heavy (non-hydrogen) atoms. The standard InChI is InChI=1S/C41H37F3N4O6/c1-25-7-5-9-31(45-25)24-53-40(52)29-15-19-32(20-16-29)54-36(49)10-6-8-27-12-22-35(34(23-27)39(51)48(3)4)47-38(50)33-21-11-26(2)46-37(33)28-13-17-30(18-14-28)41(42,43)44/h5,7,9,11-23H,6,8,10,24H2,1-4H3,(H,47,50). The van der Waals surface area contributed by atoms with E-state index in [4.69, 9.17) is 9.47 Å². The Bertz CT molecular complexity index is 2170. The summed E-state index contributed by atoms with van der Waals surface area (Å²) in [6.45, 7) is 3.57. The summed E-state index contributed by atoms with van der Waals surface area (Å²) in [6.07, 6.45) is -3.64. The van der Waals surface area contributed by atoms with Crippen molar-refractivity contribution in [1.29, 1.82) is 0 Å². The van der Waals surface area contributed by atoms with Gasteiger partial charge in [0.25, 0.3) is 11.8 Å². The molecule has 0 atom stereocenters. The number of carbonyl (C=O) groups excluding carboxylic acids is 4. The van der Waals surface area contributed by atoms with Gasteiger partial charge in [0.1, 0.15) is 12.4 Å². The van der Waals surface area contributed by atoms with Crippen molar-refractivity contribution in [3.8, 4) is 17.0 Å². The number of halogens is 3. The molecule has 5 aromatic rings. The molecule has 0 saturated heterocycles. The Morgan fingerprint density at radius 2 is 1.50 bits per heavy atom. The number of carbonyl (C=O) groups is 4. The molecule has 0 saturated carbocycles. The van der Waals surface area contributed by atoms with Crippen LogP contribution in [0, 0.1) is 13.8 Å². The monoisotopic (exact) mass is 738 g/mol. The summed E-state index contributed by atoms with van der Waals surface area (Å²) in [6, 6.07) is 23.9. The summed E-state index contributed by atoms with van der Waals surface area (Å²) in [7, 11) is 3.14. The van der Waals surface area contributed by atoms with Gasteiger partial charge in [0, 0.05) is 37.5 Å². The number of aryl methyl sites for hydroxylation is 3. The molecular formula is C41H37F3N4O6. The molecular weight excluding hydrogens is 701 g/mol. The number of rotatable bonds is 12. The van der Waals surface area contributed by atoms with Gasteiger partial charge < -0.3 is 19.7 Å². The number of aromatic nitrogens is 2. The third kappa shape index (κ3) is 10.1. The molecule has 0 aliphatic heterocycles. The number of anilines is 1. The Morgan fingerprint density at radius 1 is 0.796 bits per heavy atom. The Kier molecular flexibility index (Phi) is 12.2. The molecule has 0 aliphatic rings. The largest absolute Gasteiger partial charge is 0.456 e. The first-order valence-electron chi connectivity index (χ1n) is 16.9. The van der Waals surface area contributed by atoms with Gasteiger partial charge in [-0.15, -0.1) is 0 Å². The lowest BCUT2D eigenvalue weighted by molar-refractivity contribution is -0.137. The van der Waals surface area contributed by atoms with Crippen molar-refractivity contribution < 1.29 is 41.8 Å². The molecule has 10 nitrogen and oxygen atoms in total. The number of hydrogen-bond donors (Lipinski definition) is 1. The minimum Gasteiger partial charge on any atom is -0.456 e. The highest BCUT2D eigenvalue weighted by Crippen LogP contribution is 2.32. The topological polar surface area (TPSA) is 128 Å². The third-order valence-electron chi connectivity index (χ3n) is 8.20. The summed E-state index contributed by atoms with van der Waals surface area (Å²) in [5.74, 6) is -1.74. The van der Waals surface area contributed by atoms with Gasteiger partial charge in [-0.1, -0.05) is 24.3 Å². The zero-order chi connectivity index (χ0) is 39.0. The predicted octanol–water partition coefficient (Wildman–Crippen LogP) is 8.02. The van der Waals surface area contributed by atoms with E-state index in [1.165, 1.54) is 47.4 Å². The maximum absolute atomic E-state index is 13.6. The summed E-state index contributed by atoms with van der Waals surface area (Å²) >= 11 is 0. The lowest BCUT2D eigenvalue weighted by Gasteiger charge is -2.17. The van der Waals surface area contributed by atoms with Crippen LogP contribution in [0.2, 0.25) is 0 Å². The number of alkyl halides is 3. The average molecular weight is 739 g/mol. The van der Waals surface area contributed by atoms with Gasteiger partial charge >= 0.3 is 18.1 Å². The minimum absolute atomic E-state index is 0.0278. The summed E-state index contributed by atoms with van der Waals surface area (Å²) < 4.78 is 50.2. The fraction of sp³-hybridized carbons (Fsp3) is 0.220. The van der Waals surface area contributed by atoms with E-state index in [1.807, 2.05) is 19.1 Å². The van der Waals surface area contributed by atoms with Crippen LogP contribution in [-0.4, -0.2) is 52.7 Å². The molecule has 0 spiro atoms. The number of pyridine rings is 2. The van der Waals surface area contributed by atoms with E-state index in [1.54, 1.807) is 51.4 Å². The molecule has 0 fully saturated rings. The molecule has 0 aliphatic carbocycles. The first kappa shape index (κ1) is 38.9. The van der Waals surface area contributed by atoms with Crippen LogP contribution < -0.4 is 10.1 Å². The second-order valence-electron chi connectivity index (χ2n) is 12.7. The van der Waals surface area contributed by atoms with Crippen LogP contribution in [0.5, 0.6) is 5.75 Å². The van der Waals surface area contributed by atoms with Gasteiger partial charge in [0.2, 0.25) is 0 Å². The van der Waals surface area contributed by atoms with Crippen molar-refractivity contribution in [2.75, 3.05) is 19.4 Å². The first-order chi connectivity index (χ1) is 25.7. The van der Waals surface area contributed by atoms with Gasteiger partial charge in [-0.3, -0.25) is 24.4 Å². The molecule has 2 aromatic heterocycles. The number of amides is 2. The molecule has 5 rings (SSSR count). The Labute approximate surface area is 310 Å². The minimum atomic E-state index is -4.52. The smallest absolute Gasteiger partial charge is 0.416 e. The van der Waals surface area contributed by atoms with E-state index in [-0.39, 0.29) is 47.2 Å². The van der Waals surface area contributed by atoms with Crippen molar-refractivity contribution in [3.05, 3.63) is 142 Å². The van der Waals surface area contributed by atoms with E-state index in [2.05, 4.69) is 15.3 Å². The molecule has 0 unspecified atom stereocenters. The van der Waals surface area contributed by atoms with Crippen LogP contribution in [0.25, 0.3) is 11.3 Å². The highest BCUT2D eigenvalue weighted by atomic mass is 19.4. The van der Waals surface area contributed by atoms with E-state index in [0.717, 1.165) is 23.4 Å². The molecule has 0 bridgehead atoms. The lowest BCUT2D eigenvalue weighted by Crippen LogP contribution is -2.24. The summed E-state index contributed by atoms with van der Waals surface area (Å²) in [5.41, 5.74) is 3.24. The van der Waals surface area contributed by atoms with Gasteiger partial charge in [0.15, 0.2) is 0 Å². The first-order valence-corrected chi connectivity index (χ1v) is 16.9. The second kappa shape index (κ2) is 17.0. The zero-order valence-corrected chi connectivity index (χ0v) is 30.0. The quantitative estimate of drug-likeness (QED) is 0.101. The van der Waals surface area contributed by atoms with Crippen LogP contribution in [0.3, 0.4) is 0 Å². The van der Waals surface area contributed by atoms with E-state index in [0.29, 0.717) is 35.4 Å². The number of esters is 2. The fourth-order valence-electron chi connectivity index (χ4n) is 5.42. The molecule has 2 heterocycles. The molecule has 3 aromatic carbocycles. The summed E-state index contributed by atoms with van der Waals surface area (Å²) in [4.78, 5) is 61.9. The van der Waals surface area contributed by atoms with Crippen molar-refractivity contribution in [1.82, 2.24) is 14.9 Å². The highest BCUT2D eigenvalue weighted by molar-refractivity contribution is 6.11. The SMILES string of the molecule is Cc1cccc(COC(=O)c2ccc(OC(=O)CCCc3ccc(NC(=O)c4ccc(C)nc4-c4ccc(C(F)(F)F)cc4)c(C(=O)N(C)C)c3)cc2)n1. The highest BCUT2D eigenvalue weighted by Gasteiger charge is 2.30. The van der Waals surface area contributed by atoms with Crippen LogP contribution in [0.15, 0.2) is 97.1 Å². The maximum atomic E-state index is 13.6. The van der Waals surface area contributed by atoms with Gasteiger partial charge in [-0.05, 0) is 105 Å². The van der Waals surface area contributed by atoms with Gasteiger partial charge in [0.05, 0.1) is 39.3 Å². The van der Waals surface area contributed by atoms with Crippen molar-refractivity contribution in [3.63, 3.8) is 0 Å². The van der Waals surface area contributed by atoms with Crippen LogP contribution in [0.1, 0.15) is 72.1 Å². The van der Waals surface area contributed by atoms with Crippen LogP contribution in [0.4, 0.5) is 18.9 Å². The fourth-order valence-corrected chi connectivity index (χ4v) is 5.42. The molecule has 278 valence electrons. The van der Waals surface area contributed by atoms with Gasteiger partial charge in [-0.2, -0.15) is 13.2 Å². The Balaban J connectivity index is 1.20. The van der Waals surface area contributed by atoms with Crippen molar-refractivity contribution in [2.24, 2.45) is 0 Å². The maximum Gasteiger partial charge on any atom is 0.416 e. The number of ether oxygens (including phenoxy) is 2. The van der Waals surface area contributed by atoms with E-state index in [9.17, 15) is 32.3 Å². The molecule has 0 radical (unpaired) electrons. The van der Waals surface area contributed by atoms with Crippen molar-refractivity contribution >= 4 is 29.4 Å². The molecule has 1 N–H and O–H groups in total. The van der Waals surface area contributed by atoms with Gasteiger partial charge in [-0.25, -0.2) is 4.79 Å². The number of nitrogens with one attached hydrogen (secondary N) is 1. The van der Waals surface area contributed by atoms with Crippen molar-refractivity contribution in [2.45, 2.75) is 45.9 Å². The number of benzene rings is 3. The lowest BCUT2D eigenvalue weighted by atomic mass is 10.0. The molecule has 2 amide bonds. The number of nitrogens with zero attached hydrogens (tertiary/aromatic N) is 3. The zero-order valence-electron chi connectivity index (χ0n) is 30.0. The van der Waals surface area contributed by atoms with Crippen LogP contribution >= 0.6 is 0 Å². The normalized spacial score (nSPS) is 11.1. The third-order valence-corrected chi connectivity index (χ3v) is 8.20. The van der Waals surface area contributed by atoms with E-state index < -0.39 is 29.6 Å². The summed E-state index contributed by atoms with van der Waals surface area (Å²) in [5, 5.41) is 2.77. The van der Waals surface area contributed by atoms with Crippen LogP contribution in [-0.2, 0) is 28.7 Å². The predicted molar refractivity (Wildman–Crippen MR) is 195 cm³/mol.